The summed E-state index contributed by atoms with van der Waals surface area (Å²) in [7, 11) is 0. The predicted octanol–water partition coefficient (Wildman–Crippen LogP) is 1.41. The van der Waals surface area contributed by atoms with Gasteiger partial charge in [0.15, 0.2) is 0 Å². The molecule has 0 unspecified atom stereocenters. The Morgan fingerprint density at radius 1 is 1.31 bits per heavy atom. The van der Waals surface area contributed by atoms with E-state index in [-0.39, 0.29) is 0 Å². The van der Waals surface area contributed by atoms with Crippen LogP contribution >= 0.6 is 0 Å². The molecule has 0 aliphatic rings. The van der Waals surface area contributed by atoms with Crippen LogP contribution in [0.1, 0.15) is 12.5 Å². The summed E-state index contributed by atoms with van der Waals surface area (Å²) in [6.45, 7) is 4.21. The van der Waals surface area contributed by atoms with Crippen LogP contribution < -0.4 is 10.5 Å². The molecule has 2 N–H and O–H groups in total. The highest BCUT2D eigenvalue weighted by atomic mass is 16.5. The number of hydrogen-bond acceptors (Lipinski definition) is 3. The summed E-state index contributed by atoms with van der Waals surface area (Å²) in [5, 5.41) is 0. The quantitative estimate of drug-likeness (QED) is 0.601. The van der Waals surface area contributed by atoms with Crippen molar-refractivity contribution in [3.8, 4) is 17.6 Å². The first-order valence-corrected chi connectivity index (χ1v) is 5.36. The van der Waals surface area contributed by atoms with Crippen LogP contribution in [-0.2, 0) is 4.74 Å². The van der Waals surface area contributed by atoms with Crippen LogP contribution in [0.5, 0.6) is 5.75 Å². The lowest BCUT2D eigenvalue weighted by molar-refractivity contribution is 0.110. The van der Waals surface area contributed by atoms with Gasteiger partial charge in [-0.1, -0.05) is 17.9 Å². The zero-order chi connectivity index (χ0) is 11.6. The second kappa shape index (κ2) is 7.75. The fraction of sp³-hybridized carbons (Fsp3) is 0.385. The highest BCUT2D eigenvalue weighted by Crippen LogP contribution is 2.12. The minimum absolute atomic E-state index is 0.370. The van der Waals surface area contributed by atoms with Gasteiger partial charge in [0.2, 0.25) is 0 Å². The molecule has 1 rings (SSSR count). The summed E-state index contributed by atoms with van der Waals surface area (Å²) in [5.74, 6) is 6.57. The minimum atomic E-state index is 0.370. The van der Waals surface area contributed by atoms with E-state index in [2.05, 4.69) is 11.8 Å². The van der Waals surface area contributed by atoms with E-state index in [1.807, 2.05) is 31.2 Å². The van der Waals surface area contributed by atoms with Crippen molar-refractivity contribution in [3.63, 3.8) is 0 Å². The van der Waals surface area contributed by atoms with Crippen molar-refractivity contribution in [2.24, 2.45) is 5.73 Å². The molecule has 0 spiro atoms. The van der Waals surface area contributed by atoms with E-state index in [0.717, 1.165) is 11.3 Å². The van der Waals surface area contributed by atoms with Gasteiger partial charge in [0.05, 0.1) is 13.2 Å². The lowest BCUT2D eigenvalue weighted by Gasteiger charge is -2.06. The zero-order valence-corrected chi connectivity index (χ0v) is 9.53. The number of benzene rings is 1. The van der Waals surface area contributed by atoms with Crippen molar-refractivity contribution in [1.29, 1.82) is 0 Å². The molecule has 1 aromatic carbocycles. The molecule has 0 radical (unpaired) electrons. The van der Waals surface area contributed by atoms with E-state index in [0.29, 0.717) is 26.4 Å². The Kier molecular flexibility index (Phi) is 6.09. The highest BCUT2D eigenvalue weighted by Gasteiger charge is 1.94. The van der Waals surface area contributed by atoms with Gasteiger partial charge in [0, 0.05) is 12.2 Å². The first-order chi connectivity index (χ1) is 7.86. The van der Waals surface area contributed by atoms with Gasteiger partial charge in [-0.05, 0) is 25.1 Å². The molecule has 0 heterocycles. The van der Waals surface area contributed by atoms with Crippen LogP contribution in [0.4, 0.5) is 0 Å². The van der Waals surface area contributed by atoms with Crippen molar-refractivity contribution in [1.82, 2.24) is 0 Å². The molecular formula is C13H17NO2. The van der Waals surface area contributed by atoms with Gasteiger partial charge in [-0.15, -0.1) is 0 Å². The summed E-state index contributed by atoms with van der Waals surface area (Å²) in [5.41, 5.74) is 6.22. The molecule has 0 bridgehead atoms. The van der Waals surface area contributed by atoms with Crippen molar-refractivity contribution in [2.75, 3.05) is 26.4 Å². The molecule has 0 aliphatic carbocycles. The first-order valence-electron chi connectivity index (χ1n) is 5.36. The molecule has 0 atom stereocenters. The molecule has 0 fully saturated rings. The fourth-order valence-corrected chi connectivity index (χ4v) is 1.18. The van der Waals surface area contributed by atoms with E-state index in [9.17, 15) is 0 Å². The van der Waals surface area contributed by atoms with Gasteiger partial charge in [-0.25, -0.2) is 0 Å². The Bertz CT molecular complexity index is 366. The van der Waals surface area contributed by atoms with Gasteiger partial charge < -0.3 is 15.2 Å². The van der Waals surface area contributed by atoms with E-state index < -0.39 is 0 Å². The smallest absolute Gasteiger partial charge is 0.120 e. The summed E-state index contributed by atoms with van der Waals surface area (Å²) in [6.07, 6.45) is 0. The number of rotatable bonds is 5. The summed E-state index contributed by atoms with van der Waals surface area (Å²) in [6, 6.07) is 7.64. The third kappa shape index (κ3) is 4.83. The van der Waals surface area contributed by atoms with Crippen LogP contribution in [-0.4, -0.2) is 26.4 Å². The highest BCUT2D eigenvalue weighted by molar-refractivity contribution is 5.39. The maximum Gasteiger partial charge on any atom is 0.120 e. The Balaban J connectivity index is 2.47. The van der Waals surface area contributed by atoms with E-state index in [4.69, 9.17) is 15.2 Å². The maximum absolute atomic E-state index is 5.50. The van der Waals surface area contributed by atoms with Crippen molar-refractivity contribution < 1.29 is 9.47 Å². The Morgan fingerprint density at radius 2 is 2.19 bits per heavy atom. The van der Waals surface area contributed by atoms with Crippen molar-refractivity contribution in [2.45, 2.75) is 6.92 Å². The Labute approximate surface area is 96.6 Å². The second-order valence-corrected chi connectivity index (χ2v) is 3.08. The summed E-state index contributed by atoms with van der Waals surface area (Å²) >= 11 is 0. The van der Waals surface area contributed by atoms with Crippen LogP contribution in [0, 0.1) is 11.8 Å². The topological polar surface area (TPSA) is 44.5 Å². The van der Waals surface area contributed by atoms with Gasteiger partial charge >= 0.3 is 0 Å². The summed E-state index contributed by atoms with van der Waals surface area (Å²) in [4.78, 5) is 0. The van der Waals surface area contributed by atoms with Gasteiger partial charge in [-0.3, -0.25) is 0 Å². The van der Waals surface area contributed by atoms with E-state index in [1.165, 1.54) is 0 Å². The Hall–Kier alpha value is -1.50. The standard InChI is InChI=1S/C13H17NO2/c1-2-15-9-10-16-13-7-3-5-12(11-13)6-4-8-14/h3,5,7,11H,2,8-10,14H2,1H3. The van der Waals surface area contributed by atoms with E-state index in [1.54, 1.807) is 0 Å². The monoisotopic (exact) mass is 219 g/mol. The molecule has 3 heteroatoms. The molecule has 86 valence electrons. The normalized spacial score (nSPS) is 9.38. The second-order valence-electron chi connectivity index (χ2n) is 3.08. The molecule has 16 heavy (non-hydrogen) atoms. The van der Waals surface area contributed by atoms with Crippen LogP contribution in [0.3, 0.4) is 0 Å². The minimum Gasteiger partial charge on any atom is -0.491 e. The largest absolute Gasteiger partial charge is 0.491 e. The van der Waals surface area contributed by atoms with Crippen LogP contribution in [0.2, 0.25) is 0 Å². The molecule has 0 amide bonds. The van der Waals surface area contributed by atoms with Gasteiger partial charge in [0.25, 0.3) is 0 Å². The fourth-order valence-electron chi connectivity index (χ4n) is 1.18. The van der Waals surface area contributed by atoms with Gasteiger partial charge in [-0.2, -0.15) is 0 Å². The van der Waals surface area contributed by atoms with Crippen LogP contribution in [0.15, 0.2) is 24.3 Å². The van der Waals surface area contributed by atoms with Gasteiger partial charge in [0.1, 0.15) is 12.4 Å². The number of hydrogen-bond donors (Lipinski definition) is 1. The van der Waals surface area contributed by atoms with Crippen LogP contribution in [0.25, 0.3) is 0 Å². The molecule has 0 aliphatic heterocycles. The molecule has 1 aromatic rings. The molecule has 0 saturated heterocycles. The van der Waals surface area contributed by atoms with Crippen molar-refractivity contribution >= 4 is 0 Å². The average molecular weight is 219 g/mol. The lowest BCUT2D eigenvalue weighted by atomic mass is 10.2. The van der Waals surface area contributed by atoms with E-state index >= 15 is 0 Å². The molecule has 0 saturated carbocycles. The first kappa shape index (κ1) is 12.6. The summed E-state index contributed by atoms with van der Waals surface area (Å²) < 4.78 is 10.7. The molecular weight excluding hydrogens is 202 g/mol. The maximum atomic E-state index is 5.50. The Morgan fingerprint density at radius 3 is 2.94 bits per heavy atom. The lowest BCUT2D eigenvalue weighted by Crippen LogP contribution is -2.06. The SMILES string of the molecule is CCOCCOc1cccc(C#CCN)c1. The third-order valence-corrected chi connectivity index (χ3v) is 1.87. The zero-order valence-electron chi connectivity index (χ0n) is 9.53. The number of nitrogens with two attached hydrogens (primary N) is 1. The molecule has 0 aromatic heterocycles. The number of ether oxygens (including phenoxy) is 2. The molecule has 3 nitrogen and oxygen atoms in total. The average Bonchev–Trinajstić information content (AvgIpc) is 2.33. The third-order valence-electron chi connectivity index (χ3n) is 1.87. The van der Waals surface area contributed by atoms with Crippen molar-refractivity contribution in [3.05, 3.63) is 29.8 Å². The predicted molar refractivity (Wildman–Crippen MR) is 64.4 cm³/mol.